The van der Waals surface area contributed by atoms with E-state index < -0.39 is 0 Å². The third kappa shape index (κ3) is 5.25. The summed E-state index contributed by atoms with van der Waals surface area (Å²) in [6, 6.07) is 13.8. The van der Waals surface area contributed by atoms with Gasteiger partial charge in [0.05, 0.1) is 13.2 Å². The van der Waals surface area contributed by atoms with Gasteiger partial charge in [0.1, 0.15) is 6.61 Å². The van der Waals surface area contributed by atoms with Crippen LogP contribution in [0.1, 0.15) is 57.4 Å². The third-order valence-corrected chi connectivity index (χ3v) is 5.60. The second kappa shape index (κ2) is 9.10. The minimum absolute atomic E-state index is 0.0111. The minimum atomic E-state index is -0.334. The van der Waals surface area contributed by atoms with Gasteiger partial charge in [0.25, 0.3) is 0 Å². The monoisotopic (exact) mass is 438 g/mol. The Kier molecular flexibility index (Phi) is 6.70. The maximum absolute atomic E-state index is 12.2. The molecule has 1 atom stereocenters. The first kappa shape index (κ1) is 22.8. The summed E-state index contributed by atoms with van der Waals surface area (Å²) >= 11 is 5.29. The Bertz CT molecular complexity index is 1020. The molecule has 1 aliphatic rings. The van der Waals surface area contributed by atoms with Crippen LogP contribution in [0.3, 0.4) is 0 Å². The number of ether oxygens (including phenoxy) is 2. The molecule has 2 aromatic carbocycles. The molecular formula is C25H30N2O3S. The van der Waals surface area contributed by atoms with Crippen LogP contribution >= 0.6 is 12.2 Å². The number of rotatable bonds is 6. The molecule has 6 heteroatoms. The summed E-state index contributed by atoms with van der Waals surface area (Å²) in [7, 11) is 1.61. The summed E-state index contributed by atoms with van der Waals surface area (Å²) in [5.74, 6) is 1.24. The number of thiocarbonyl (C=S) groups is 1. The third-order valence-electron chi connectivity index (χ3n) is 5.38. The van der Waals surface area contributed by atoms with Crippen molar-refractivity contribution in [3.63, 3.8) is 0 Å². The van der Waals surface area contributed by atoms with Crippen LogP contribution in [-0.2, 0) is 16.8 Å². The zero-order valence-electron chi connectivity index (χ0n) is 19.0. The number of hydrogen-bond acceptors (Lipinski definition) is 4. The summed E-state index contributed by atoms with van der Waals surface area (Å²) in [5.41, 5.74) is 4.79. The number of ketones is 1. The number of methoxy groups -OCH3 is 1. The molecule has 0 saturated carbocycles. The van der Waals surface area contributed by atoms with Gasteiger partial charge in [0.15, 0.2) is 22.4 Å². The van der Waals surface area contributed by atoms with E-state index in [1.165, 1.54) is 5.56 Å². The minimum Gasteiger partial charge on any atom is -0.493 e. The summed E-state index contributed by atoms with van der Waals surface area (Å²) in [6.07, 6.45) is 0. The lowest BCUT2D eigenvalue weighted by Gasteiger charge is -2.30. The molecule has 0 aromatic heterocycles. The molecule has 31 heavy (non-hydrogen) atoms. The van der Waals surface area contributed by atoms with Crippen molar-refractivity contribution in [2.24, 2.45) is 0 Å². The van der Waals surface area contributed by atoms with E-state index in [2.05, 4.69) is 55.7 Å². The van der Waals surface area contributed by atoms with Crippen LogP contribution in [-0.4, -0.2) is 18.0 Å². The van der Waals surface area contributed by atoms with Gasteiger partial charge in [0.2, 0.25) is 0 Å². The lowest BCUT2D eigenvalue weighted by Crippen LogP contribution is -2.44. The van der Waals surface area contributed by atoms with Crippen molar-refractivity contribution < 1.29 is 14.3 Å². The van der Waals surface area contributed by atoms with Crippen LogP contribution in [0.15, 0.2) is 53.7 Å². The van der Waals surface area contributed by atoms with Gasteiger partial charge in [-0.25, -0.2) is 0 Å². The molecule has 0 saturated heterocycles. The van der Waals surface area contributed by atoms with Crippen molar-refractivity contribution in [3.05, 3.63) is 70.4 Å². The number of carbonyl (C=O) groups is 1. The van der Waals surface area contributed by atoms with Gasteiger partial charge in [0, 0.05) is 11.3 Å². The quantitative estimate of drug-likeness (QED) is 0.622. The van der Waals surface area contributed by atoms with E-state index in [-0.39, 0.29) is 17.2 Å². The average Bonchev–Trinajstić information content (AvgIpc) is 2.70. The molecule has 1 aliphatic heterocycles. The van der Waals surface area contributed by atoms with Crippen molar-refractivity contribution in [2.45, 2.75) is 52.7 Å². The Morgan fingerprint density at radius 3 is 2.35 bits per heavy atom. The molecule has 0 aliphatic carbocycles. The average molecular weight is 439 g/mol. The first-order chi connectivity index (χ1) is 14.6. The van der Waals surface area contributed by atoms with Crippen LogP contribution in [0.25, 0.3) is 0 Å². The number of hydrogen-bond donors (Lipinski definition) is 2. The van der Waals surface area contributed by atoms with Crippen molar-refractivity contribution >= 4 is 23.1 Å². The number of carbonyl (C=O) groups excluding carboxylic acids is 1. The van der Waals surface area contributed by atoms with E-state index >= 15 is 0 Å². The predicted molar refractivity (Wildman–Crippen MR) is 127 cm³/mol. The highest BCUT2D eigenvalue weighted by atomic mass is 32.1. The van der Waals surface area contributed by atoms with Crippen LogP contribution in [0.2, 0.25) is 0 Å². The Balaban J connectivity index is 1.81. The lowest BCUT2D eigenvalue weighted by molar-refractivity contribution is -0.114. The highest BCUT2D eigenvalue weighted by Gasteiger charge is 2.28. The molecule has 2 aromatic rings. The Hall–Kier alpha value is -2.86. The van der Waals surface area contributed by atoms with E-state index in [1.807, 2.05) is 25.1 Å². The summed E-state index contributed by atoms with van der Waals surface area (Å²) in [5, 5.41) is 6.70. The van der Waals surface area contributed by atoms with Crippen LogP contribution in [0.4, 0.5) is 0 Å². The number of nitrogens with one attached hydrogen (secondary N) is 2. The summed E-state index contributed by atoms with van der Waals surface area (Å²) in [4.78, 5) is 12.2. The molecule has 1 heterocycles. The molecule has 0 radical (unpaired) electrons. The maximum atomic E-state index is 12.2. The first-order valence-corrected chi connectivity index (χ1v) is 10.7. The fourth-order valence-corrected chi connectivity index (χ4v) is 3.93. The van der Waals surface area contributed by atoms with E-state index in [1.54, 1.807) is 14.0 Å². The van der Waals surface area contributed by atoms with Gasteiger partial charge in [-0.15, -0.1) is 0 Å². The number of Topliss-reactive ketones (excluding diaryl/α,β-unsaturated/α-hetero) is 1. The van der Waals surface area contributed by atoms with Gasteiger partial charge in [-0.05, 0) is 60.3 Å². The number of benzene rings is 2. The molecule has 1 unspecified atom stereocenters. The zero-order chi connectivity index (χ0) is 22.8. The highest BCUT2D eigenvalue weighted by molar-refractivity contribution is 7.80. The lowest BCUT2D eigenvalue weighted by atomic mass is 9.87. The van der Waals surface area contributed by atoms with Crippen molar-refractivity contribution in [1.29, 1.82) is 0 Å². The smallest absolute Gasteiger partial charge is 0.171 e. The van der Waals surface area contributed by atoms with Crippen LogP contribution in [0, 0.1) is 0 Å². The maximum Gasteiger partial charge on any atom is 0.171 e. The summed E-state index contributed by atoms with van der Waals surface area (Å²) < 4.78 is 11.6. The van der Waals surface area contributed by atoms with Gasteiger partial charge in [-0.3, -0.25) is 4.79 Å². The van der Waals surface area contributed by atoms with Gasteiger partial charge in [-0.2, -0.15) is 0 Å². The van der Waals surface area contributed by atoms with Gasteiger partial charge >= 0.3 is 0 Å². The molecule has 164 valence electrons. The fourth-order valence-electron chi connectivity index (χ4n) is 3.66. The van der Waals surface area contributed by atoms with Crippen LogP contribution in [0.5, 0.6) is 11.5 Å². The molecule has 5 nitrogen and oxygen atoms in total. The summed E-state index contributed by atoms with van der Waals surface area (Å²) in [6.45, 7) is 10.4. The SMILES string of the molecule is COc1cc(C2NC(=S)NC(C)=C2C(C)=O)ccc1OCc1ccc(C(C)(C)C)cc1. The van der Waals surface area contributed by atoms with Gasteiger partial charge in [-0.1, -0.05) is 51.1 Å². The molecule has 0 spiro atoms. The first-order valence-electron chi connectivity index (χ1n) is 10.3. The molecule has 0 amide bonds. The van der Waals surface area contributed by atoms with E-state index in [4.69, 9.17) is 21.7 Å². The molecule has 2 N–H and O–H groups in total. The highest BCUT2D eigenvalue weighted by Crippen LogP contribution is 2.35. The Labute approximate surface area is 189 Å². The predicted octanol–water partition coefficient (Wildman–Crippen LogP) is 4.95. The fraction of sp³-hybridized carbons (Fsp3) is 0.360. The standard InChI is InChI=1S/C25H30N2O3S/c1-15-22(16(2)28)23(27-24(31)26-15)18-9-12-20(21(13-18)29-6)30-14-17-7-10-19(11-8-17)25(3,4)5/h7-13,23H,14H2,1-6H3,(H2,26,27,31). The van der Waals surface area contributed by atoms with Crippen molar-refractivity contribution in [1.82, 2.24) is 10.6 Å². The van der Waals surface area contributed by atoms with Gasteiger partial charge < -0.3 is 20.1 Å². The van der Waals surface area contributed by atoms with E-state index in [0.717, 1.165) is 16.8 Å². The van der Waals surface area contributed by atoms with E-state index in [9.17, 15) is 4.79 Å². The molecular weight excluding hydrogens is 408 g/mol. The Morgan fingerprint density at radius 1 is 1.10 bits per heavy atom. The van der Waals surface area contributed by atoms with Crippen LogP contribution < -0.4 is 20.1 Å². The largest absolute Gasteiger partial charge is 0.493 e. The molecule has 3 rings (SSSR count). The number of allylic oxidation sites excluding steroid dienone is 1. The normalized spacial score (nSPS) is 16.5. The zero-order valence-corrected chi connectivity index (χ0v) is 19.8. The Morgan fingerprint density at radius 2 is 1.77 bits per heavy atom. The molecule has 0 fully saturated rings. The van der Waals surface area contributed by atoms with Crippen molar-refractivity contribution in [3.8, 4) is 11.5 Å². The molecule has 0 bridgehead atoms. The second-order valence-electron chi connectivity index (χ2n) is 8.77. The van der Waals surface area contributed by atoms with E-state index in [0.29, 0.717) is 28.8 Å². The second-order valence-corrected chi connectivity index (χ2v) is 9.18. The topological polar surface area (TPSA) is 59.6 Å². The van der Waals surface area contributed by atoms with Crippen molar-refractivity contribution in [2.75, 3.05) is 7.11 Å².